The van der Waals surface area contributed by atoms with Crippen LogP contribution in [0.1, 0.15) is 29.5 Å². The second-order valence-electron chi connectivity index (χ2n) is 6.43. The van der Waals surface area contributed by atoms with E-state index in [0.717, 1.165) is 60.7 Å². The summed E-state index contributed by atoms with van der Waals surface area (Å²) in [5.41, 5.74) is 1.99. The summed E-state index contributed by atoms with van der Waals surface area (Å²) in [5.74, 6) is 1.65. The smallest absolute Gasteiger partial charge is 0.208 e. The largest absolute Gasteiger partial charge is 0.445 e. The van der Waals surface area contributed by atoms with Gasteiger partial charge in [0.15, 0.2) is 0 Å². The quantitative estimate of drug-likeness (QED) is 0.838. The molecule has 1 fully saturated rings. The molecule has 2 aromatic rings. The fraction of sp³-hybridized carbons (Fsp3) is 0.625. The summed E-state index contributed by atoms with van der Waals surface area (Å²) in [6.07, 6.45) is 2.91. The third kappa shape index (κ3) is 3.59. The van der Waals surface area contributed by atoms with Crippen LogP contribution in [0.2, 0.25) is 5.02 Å². The monoisotopic (exact) mass is 337 g/mol. The lowest BCUT2D eigenvalue weighted by Gasteiger charge is -2.23. The Morgan fingerprint density at radius 1 is 1.43 bits per heavy atom. The molecule has 0 radical (unpaired) electrons. The molecule has 6 nitrogen and oxygen atoms in total. The lowest BCUT2D eigenvalue weighted by Crippen LogP contribution is -2.34. The predicted octanol–water partition coefficient (Wildman–Crippen LogP) is 2.38. The van der Waals surface area contributed by atoms with Gasteiger partial charge in [0.25, 0.3) is 0 Å². The minimum absolute atomic E-state index is 0.505. The third-order valence-electron chi connectivity index (χ3n) is 4.63. The summed E-state index contributed by atoms with van der Waals surface area (Å²) in [5, 5.41) is 5.31. The second-order valence-corrected chi connectivity index (χ2v) is 6.81. The number of rotatable bonds is 5. The zero-order valence-corrected chi connectivity index (χ0v) is 15.0. The van der Waals surface area contributed by atoms with Crippen LogP contribution in [-0.2, 0) is 20.1 Å². The van der Waals surface area contributed by atoms with Gasteiger partial charge in [-0.15, -0.1) is 0 Å². The molecule has 0 aliphatic carbocycles. The molecule has 7 heteroatoms. The summed E-state index contributed by atoms with van der Waals surface area (Å²) in [4.78, 5) is 9.01. The van der Waals surface area contributed by atoms with Crippen molar-refractivity contribution < 1.29 is 4.42 Å². The lowest BCUT2D eigenvalue weighted by atomic mass is 10.2. The highest BCUT2D eigenvalue weighted by molar-refractivity contribution is 6.31. The zero-order chi connectivity index (χ0) is 16.6. The third-order valence-corrected chi connectivity index (χ3v) is 5.12. The van der Waals surface area contributed by atoms with Crippen molar-refractivity contribution in [2.45, 2.75) is 39.4 Å². The predicted molar refractivity (Wildman–Crippen MR) is 89.3 cm³/mol. The summed E-state index contributed by atoms with van der Waals surface area (Å²) < 4.78 is 7.42. The van der Waals surface area contributed by atoms with Crippen molar-refractivity contribution in [2.75, 3.05) is 20.1 Å². The summed E-state index contributed by atoms with van der Waals surface area (Å²) in [7, 11) is 4.06. The molecule has 0 N–H and O–H groups in total. The van der Waals surface area contributed by atoms with Crippen LogP contribution < -0.4 is 0 Å². The van der Waals surface area contributed by atoms with Gasteiger partial charge in [0.1, 0.15) is 5.76 Å². The van der Waals surface area contributed by atoms with Crippen molar-refractivity contribution in [3.8, 4) is 0 Å². The first-order valence-corrected chi connectivity index (χ1v) is 8.33. The molecule has 3 rings (SSSR count). The number of hydrogen-bond donors (Lipinski definition) is 0. The van der Waals surface area contributed by atoms with Crippen LogP contribution in [0, 0.1) is 13.8 Å². The molecule has 0 saturated carbocycles. The zero-order valence-electron chi connectivity index (χ0n) is 14.2. The second kappa shape index (κ2) is 6.63. The van der Waals surface area contributed by atoms with Crippen LogP contribution >= 0.6 is 11.6 Å². The van der Waals surface area contributed by atoms with Crippen LogP contribution in [0.25, 0.3) is 0 Å². The van der Waals surface area contributed by atoms with Gasteiger partial charge < -0.3 is 4.42 Å². The maximum absolute atomic E-state index is 6.36. The molecule has 0 amide bonds. The van der Waals surface area contributed by atoms with E-state index < -0.39 is 0 Å². The Bertz CT molecular complexity index is 680. The van der Waals surface area contributed by atoms with E-state index in [9.17, 15) is 0 Å². The van der Waals surface area contributed by atoms with Gasteiger partial charge in [-0.3, -0.25) is 14.5 Å². The fourth-order valence-electron chi connectivity index (χ4n) is 3.10. The summed E-state index contributed by atoms with van der Waals surface area (Å²) in [6.45, 7) is 7.55. The molecule has 126 valence electrons. The lowest BCUT2D eigenvalue weighted by molar-refractivity contribution is 0.204. The van der Waals surface area contributed by atoms with Gasteiger partial charge in [-0.05, 0) is 27.3 Å². The van der Waals surface area contributed by atoms with E-state index >= 15 is 0 Å². The number of aryl methyl sites for hydroxylation is 2. The van der Waals surface area contributed by atoms with E-state index in [1.165, 1.54) is 0 Å². The number of aromatic nitrogens is 3. The maximum atomic E-state index is 6.36. The van der Waals surface area contributed by atoms with Crippen molar-refractivity contribution in [1.82, 2.24) is 24.6 Å². The molecule has 1 aliphatic rings. The molecule has 23 heavy (non-hydrogen) atoms. The molecule has 2 aromatic heterocycles. The molecule has 0 bridgehead atoms. The first-order valence-electron chi connectivity index (χ1n) is 7.96. The van der Waals surface area contributed by atoms with E-state index in [1.54, 1.807) is 6.20 Å². The van der Waals surface area contributed by atoms with E-state index in [-0.39, 0.29) is 0 Å². The van der Waals surface area contributed by atoms with E-state index in [4.69, 9.17) is 16.0 Å². The molecule has 0 aromatic carbocycles. The number of likely N-dealkylation sites (N-methyl/N-ethyl adjacent to an activating group) is 1. The first kappa shape index (κ1) is 16.5. The highest BCUT2D eigenvalue weighted by Gasteiger charge is 2.27. The number of nitrogens with zero attached hydrogens (tertiary/aromatic N) is 5. The van der Waals surface area contributed by atoms with E-state index in [0.29, 0.717) is 6.04 Å². The summed E-state index contributed by atoms with van der Waals surface area (Å²) in [6, 6.07) is 0.505. The van der Waals surface area contributed by atoms with Crippen molar-refractivity contribution in [3.63, 3.8) is 0 Å². The average molecular weight is 338 g/mol. The van der Waals surface area contributed by atoms with Crippen LogP contribution in [-0.4, -0.2) is 50.7 Å². The molecule has 0 spiro atoms. The minimum atomic E-state index is 0.505. The van der Waals surface area contributed by atoms with Gasteiger partial charge in [0.2, 0.25) is 5.89 Å². The van der Waals surface area contributed by atoms with Crippen molar-refractivity contribution >= 4 is 11.6 Å². The molecule has 1 saturated heterocycles. The van der Waals surface area contributed by atoms with Gasteiger partial charge >= 0.3 is 0 Å². The standard InChI is InChI=1S/C16H24ClN5O/c1-11-7-18-15(23-11)10-20(3)13-5-6-22(8-13)9-14-16(17)12(2)21(4)19-14/h7,13H,5-6,8-10H2,1-4H3. The Labute approximate surface area is 142 Å². The highest BCUT2D eigenvalue weighted by Crippen LogP contribution is 2.24. The van der Waals surface area contributed by atoms with E-state index in [2.05, 4.69) is 26.9 Å². The number of likely N-dealkylation sites (tertiary alicyclic amines) is 1. The van der Waals surface area contributed by atoms with Crippen LogP contribution in [0.5, 0.6) is 0 Å². The average Bonchev–Trinajstić information content (AvgIpc) is 3.18. The first-order chi connectivity index (χ1) is 10.9. The van der Waals surface area contributed by atoms with Crippen LogP contribution in [0.15, 0.2) is 10.6 Å². The number of hydrogen-bond acceptors (Lipinski definition) is 5. The Kier molecular flexibility index (Phi) is 4.75. The van der Waals surface area contributed by atoms with E-state index in [1.807, 2.05) is 25.6 Å². The Hall–Kier alpha value is -1.37. The Morgan fingerprint density at radius 3 is 2.83 bits per heavy atom. The fourth-order valence-corrected chi connectivity index (χ4v) is 3.32. The van der Waals surface area contributed by atoms with Gasteiger partial charge in [-0.2, -0.15) is 5.10 Å². The number of oxazole rings is 1. The van der Waals surface area contributed by atoms with Crippen molar-refractivity contribution in [2.24, 2.45) is 7.05 Å². The molecular weight excluding hydrogens is 314 g/mol. The number of halogens is 1. The van der Waals surface area contributed by atoms with Gasteiger partial charge in [-0.25, -0.2) is 4.98 Å². The SMILES string of the molecule is Cc1cnc(CN(C)C2CCN(Cc3nn(C)c(C)c3Cl)C2)o1. The van der Waals surface area contributed by atoms with Crippen molar-refractivity contribution in [3.05, 3.63) is 34.3 Å². The normalized spacial score (nSPS) is 19.1. The summed E-state index contributed by atoms with van der Waals surface area (Å²) >= 11 is 6.36. The Balaban J connectivity index is 1.56. The highest BCUT2D eigenvalue weighted by atomic mass is 35.5. The van der Waals surface area contributed by atoms with Crippen LogP contribution in [0.3, 0.4) is 0 Å². The van der Waals surface area contributed by atoms with Gasteiger partial charge in [0.05, 0.1) is 29.2 Å². The van der Waals surface area contributed by atoms with Crippen molar-refractivity contribution in [1.29, 1.82) is 0 Å². The van der Waals surface area contributed by atoms with Gasteiger partial charge in [0, 0.05) is 32.7 Å². The maximum Gasteiger partial charge on any atom is 0.208 e. The molecule has 1 atom stereocenters. The molecule has 3 heterocycles. The minimum Gasteiger partial charge on any atom is -0.445 e. The molecular formula is C16H24ClN5O. The van der Waals surface area contributed by atoms with Crippen LogP contribution in [0.4, 0.5) is 0 Å². The Morgan fingerprint density at radius 2 is 2.22 bits per heavy atom. The molecule has 1 unspecified atom stereocenters. The topological polar surface area (TPSA) is 50.3 Å². The van der Waals surface area contributed by atoms with Gasteiger partial charge in [-0.1, -0.05) is 11.6 Å². The molecule has 1 aliphatic heterocycles.